The molecule has 2 fully saturated rings. The van der Waals surface area contributed by atoms with Gasteiger partial charge in [-0.1, -0.05) is 30.3 Å². The molecular weight excluding hydrogens is 228 g/mol. The number of fused-ring (bicyclic) bond motifs is 1. The summed E-state index contributed by atoms with van der Waals surface area (Å²) in [5.41, 5.74) is 1.29. The van der Waals surface area contributed by atoms with Gasteiger partial charge in [-0.05, 0) is 30.7 Å². The predicted octanol–water partition coefficient (Wildman–Crippen LogP) is 1.78. The van der Waals surface area contributed by atoms with E-state index in [1.165, 1.54) is 5.56 Å². The van der Waals surface area contributed by atoms with Gasteiger partial charge in [-0.2, -0.15) is 0 Å². The lowest BCUT2D eigenvalue weighted by Crippen LogP contribution is -2.59. The molecular formula is C14H16N2O2. The van der Waals surface area contributed by atoms with Crippen molar-refractivity contribution in [3.05, 3.63) is 35.9 Å². The van der Waals surface area contributed by atoms with Crippen molar-refractivity contribution in [2.45, 2.75) is 31.2 Å². The fraction of sp³-hybridized carbons (Fsp3) is 0.429. The van der Waals surface area contributed by atoms with E-state index in [-0.39, 0.29) is 23.9 Å². The molecule has 3 unspecified atom stereocenters. The van der Waals surface area contributed by atoms with Crippen molar-refractivity contribution < 1.29 is 9.59 Å². The minimum absolute atomic E-state index is 0.0196. The molecule has 1 heterocycles. The van der Waals surface area contributed by atoms with Crippen LogP contribution in [-0.4, -0.2) is 18.0 Å². The molecule has 1 aromatic rings. The van der Waals surface area contributed by atoms with Crippen LogP contribution < -0.4 is 10.6 Å². The molecule has 1 aliphatic heterocycles. The highest BCUT2D eigenvalue weighted by Crippen LogP contribution is 2.37. The van der Waals surface area contributed by atoms with E-state index in [9.17, 15) is 9.59 Å². The summed E-state index contributed by atoms with van der Waals surface area (Å²) in [4.78, 5) is 23.1. The van der Waals surface area contributed by atoms with Gasteiger partial charge in [0.1, 0.15) is 0 Å². The van der Waals surface area contributed by atoms with Gasteiger partial charge < -0.3 is 5.32 Å². The average molecular weight is 244 g/mol. The maximum Gasteiger partial charge on any atom is 0.321 e. The molecule has 18 heavy (non-hydrogen) atoms. The van der Waals surface area contributed by atoms with Crippen LogP contribution in [0.25, 0.3) is 0 Å². The highest BCUT2D eigenvalue weighted by Gasteiger charge is 2.40. The van der Waals surface area contributed by atoms with Crippen molar-refractivity contribution in [3.63, 3.8) is 0 Å². The van der Waals surface area contributed by atoms with Gasteiger partial charge in [0.25, 0.3) is 0 Å². The molecule has 0 spiro atoms. The summed E-state index contributed by atoms with van der Waals surface area (Å²) in [6.07, 6.45) is 2.73. The number of nitrogens with one attached hydrogen (secondary N) is 2. The average Bonchev–Trinajstić information content (AvgIpc) is 2.39. The predicted molar refractivity (Wildman–Crippen MR) is 67.0 cm³/mol. The Labute approximate surface area is 106 Å². The fourth-order valence-electron chi connectivity index (χ4n) is 3.07. The zero-order chi connectivity index (χ0) is 12.5. The van der Waals surface area contributed by atoms with Gasteiger partial charge in [-0.15, -0.1) is 0 Å². The van der Waals surface area contributed by atoms with Crippen molar-refractivity contribution in [2.24, 2.45) is 5.92 Å². The van der Waals surface area contributed by atoms with E-state index in [0.29, 0.717) is 5.92 Å². The molecule has 1 saturated carbocycles. The van der Waals surface area contributed by atoms with E-state index in [1.807, 2.05) is 18.2 Å². The molecule has 3 rings (SSSR count). The number of imide groups is 1. The second-order valence-electron chi connectivity index (χ2n) is 5.10. The molecule has 3 amide bonds. The van der Waals surface area contributed by atoms with Crippen LogP contribution in [0.1, 0.15) is 30.7 Å². The number of rotatable bonds is 1. The first-order chi connectivity index (χ1) is 8.74. The fourth-order valence-corrected chi connectivity index (χ4v) is 3.07. The summed E-state index contributed by atoms with van der Waals surface area (Å²) >= 11 is 0. The van der Waals surface area contributed by atoms with Gasteiger partial charge >= 0.3 is 6.03 Å². The molecule has 4 heteroatoms. The van der Waals surface area contributed by atoms with Gasteiger partial charge in [0, 0.05) is 6.04 Å². The second-order valence-corrected chi connectivity index (χ2v) is 5.10. The molecule has 2 aliphatic rings. The van der Waals surface area contributed by atoms with E-state index in [0.717, 1.165) is 19.3 Å². The van der Waals surface area contributed by atoms with Crippen molar-refractivity contribution >= 4 is 11.9 Å². The van der Waals surface area contributed by atoms with Crippen LogP contribution in [0.5, 0.6) is 0 Å². The Morgan fingerprint density at radius 3 is 2.61 bits per heavy atom. The van der Waals surface area contributed by atoms with E-state index >= 15 is 0 Å². The van der Waals surface area contributed by atoms with Crippen molar-refractivity contribution in [1.29, 1.82) is 0 Å². The van der Waals surface area contributed by atoms with Crippen LogP contribution >= 0.6 is 0 Å². The first-order valence-corrected chi connectivity index (χ1v) is 6.40. The van der Waals surface area contributed by atoms with Gasteiger partial charge in [-0.3, -0.25) is 10.1 Å². The molecule has 1 saturated heterocycles. The topological polar surface area (TPSA) is 58.2 Å². The highest BCUT2D eigenvalue weighted by molar-refractivity contribution is 5.98. The monoisotopic (exact) mass is 244 g/mol. The maximum atomic E-state index is 11.8. The molecule has 1 aliphatic carbocycles. The zero-order valence-electron chi connectivity index (χ0n) is 10.1. The smallest absolute Gasteiger partial charge is 0.321 e. The lowest BCUT2D eigenvalue weighted by atomic mass is 9.74. The minimum Gasteiger partial charge on any atom is -0.334 e. The van der Waals surface area contributed by atoms with Crippen LogP contribution in [0.15, 0.2) is 30.3 Å². The normalized spacial score (nSPS) is 31.2. The van der Waals surface area contributed by atoms with E-state index in [2.05, 4.69) is 22.8 Å². The third kappa shape index (κ3) is 1.98. The number of carbonyl (C=O) groups is 2. The number of benzene rings is 1. The van der Waals surface area contributed by atoms with Crippen LogP contribution in [0.3, 0.4) is 0 Å². The summed E-state index contributed by atoms with van der Waals surface area (Å²) in [6.45, 7) is 0. The van der Waals surface area contributed by atoms with Gasteiger partial charge in [-0.25, -0.2) is 4.79 Å². The summed E-state index contributed by atoms with van der Waals surface area (Å²) in [7, 11) is 0. The van der Waals surface area contributed by atoms with Crippen LogP contribution in [0.4, 0.5) is 4.79 Å². The highest BCUT2D eigenvalue weighted by atomic mass is 16.2. The summed E-state index contributed by atoms with van der Waals surface area (Å²) < 4.78 is 0. The van der Waals surface area contributed by atoms with Crippen LogP contribution in [-0.2, 0) is 4.79 Å². The molecule has 0 radical (unpaired) electrons. The van der Waals surface area contributed by atoms with Crippen molar-refractivity contribution in [3.8, 4) is 0 Å². The molecule has 3 atom stereocenters. The molecule has 0 bridgehead atoms. The molecule has 2 N–H and O–H groups in total. The van der Waals surface area contributed by atoms with Crippen molar-refractivity contribution in [2.75, 3.05) is 0 Å². The Balaban J connectivity index is 1.77. The lowest BCUT2D eigenvalue weighted by Gasteiger charge is -2.38. The van der Waals surface area contributed by atoms with E-state index in [1.54, 1.807) is 0 Å². The van der Waals surface area contributed by atoms with E-state index < -0.39 is 0 Å². The minimum atomic E-state index is -0.348. The Kier molecular flexibility index (Phi) is 2.78. The van der Waals surface area contributed by atoms with Gasteiger partial charge in [0.15, 0.2) is 0 Å². The largest absolute Gasteiger partial charge is 0.334 e. The quantitative estimate of drug-likeness (QED) is 0.791. The summed E-state index contributed by atoms with van der Waals surface area (Å²) in [6, 6.07) is 9.97. The zero-order valence-corrected chi connectivity index (χ0v) is 10.1. The van der Waals surface area contributed by atoms with Crippen LogP contribution in [0, 0.1) is 5.92 Å². The number of urea groups is 1. The number of carbonyl (C=O) groups excluding carboxylic acids is 2. The summed E-state index contributed by atoms with van der Waals surface area (Å²) in [5, 5.41) is 5.21. The second kappa shape index (κ2) is 4.44. The van der Waals surface area contributed by atoms with Crippen LogP contribution in [0.2, 0.25) is 0 Å². The van der Waals surface area contributed by atoms with Gasteiger partial charge in [0.05, 0.1) is 5.92 Å². The number of hydrogen-bond acceptors (Lipinski definition) is 2. The van der Waals surface area contributed by atoms with Gasteiger partial charge in [0.2, 0.25) is 5.91 Å². The summed E-state index contributed by atoms with van der Waals surface area (Å²) in [5.74, 6) is 0.222. The Morgan fingerprint density at radius 1 is 1.06 bits per heavy atom. The number of amides is 3. The van der Waals surface area contributed by atoms with E-state index in [4.69, 9.17) is 0 Å². The number of hydrogen-bond donors (Lipinski definition) is 2. The SMILES string of the molecule is O=C1NC(=O)C2CC(c3ccccc3)CCC2N1. The lowest BCUT2D eigenvalue weighted by molar-refractivity contribution is -0.127. The first-order valence-electron chi connectivity index (χ1n) is 6.40. The van der Waals surface area contributed by atoms with Crippen molar-refractivity contribution in [1.82, 2.24) is 10.6 Å². The molecule has 1 aromatic carbocycles. The maximum absolute atomic E-state index is 11.8. The Morgan fingerprint density at radius 2 is 1.83 bits per heavy atom. The third-order valence-electron chi connectivity index (χ3n) is 4.01. The molecule has 4 nitrogen and oxygen atoms in total. The Bertz CT molecular complexity index is 472. The molecule has 0 aromatic heterocycles. The standard InChI is InChI=1S/C14H16N2O2/c17-13-11-8-10(9-4-2-1-3-5-9)6-7-12(11)15-14(18)16-13/h1-5,10-12H,6-8H2,(H2,15,16,17,18). The molecule has 94 valence electrons. The first kappa shape index (κ1) is 11.3. The third-order valence-corrected chi connectivity index (χ3v) is 4.01. The Hall–Kier alpha value is -1.84.